The zero-order valence-electron chi connectivity index (χ0n) is 23.7. The van der Waals surface area contributed by atoms with Crippen LogP contribution in [0.3, 0.4) is 0 Å². The highest BCUT2D eigenvalue weighted by Crippen LogP contribution is 2.64. The van der Waals surface area contributed by atoms with Gasteiger partial charge in [0.15, 0.2) is 5.79 Å². The first kappa shape index (κ1) is 25.7. The Kier molecular flexibility index (Phi) is 6.22. The Labute approximate surface area is 224 Å². The Morgan fingerprint density at radius 3 is 2.38 bits per heavy atom. The number of allylic oxidation sites excluding steroid dienone is 2. The molecule has 200 valence electrons. The van der Waals surface area contributed by atoms with Gasteiger partial charge in [0.25, 0.3) is 0 Å². The van der Waals surface area contributed by atoms with E-state index in [9.17, 15) is 5.11 Å². The quantitative estimate of drug-likeness (QED) is 0.322. The van der Waals surface area contributed by atoms with Gasteiger partial charge in [-0.2, -0.15) is 0 Å². The molecular formula is C34H46O3. The summed E-state index contributed by atoms with van der Waals surface area (Å²) in [6.45, 7) is 12.2. The van der Waals surface area contributed by atoms with Crippen molar-refractivity contribution in [2.45, 2.75) is 110 Å². The zero-order chi connectivity index (χ0) is 26.1. The summed E-state index contributed by atoms with van der Waals surface area (Å²) in [7, 11) is 0. The second kappa shape index (κ2) is 8.97. The van der Waals surface area contributed by atoms with Gasteiger partial charge in [-0.15, -0.1) is 0 Å². The van der Waals surface area contributed by atoms with Crippen LogP contribution in [-0.4, -0.2) is 29.7 Å². The van der Waals surface area contributed by atoms with E-state index in [-0.39, 0.29) is 11.2 Å². The van der Waals surface area contributed by atoms with Gasteiger partial charge in [-0.05, 0) is 93.2 Å². The van der Waals surface area contributed by atoms with Gasteiger partial charge in [-0.25, -0.2) is 0 Å². The van der Waals surface area contributed by atoms with Crippen molar-refractivity contribution < 1.29 is 14.6 Å². The van der Waals surface area contributed by atoms with Crippen molar-refractivity contribution in [3.8, 4) is 11.8 Å². The van der Waals surface area contributed by atoms with Crippen molar-refractivity contribution in [1.82, 2.24) is 0 Å². The Hall–Kier alpha value is -1.60. The lowest BCUT2D eigenvalue weighted by Gasteiger charge is -2.54. The number of hydrogen-bond donors (Lipinski definition) is 1. The molecule has 1 aromatic carbocycles. The highest BCUT2D eigenvalue weighted by atomic mass is 16.7. The van der Waals surface area contributed by atoms with Crippen molar-refractivity contribution in [3.63, 3.8) is 0 Å². The van der Waals surface area contributed by atoms with E-state index in [0.29, 0.717) is 17.3 Å². The van der Waals surface area contributed by atoms with Crippen LogP contribution < -0.4 is 0 Å². The fourth-order valence-corrected chi connectivity index (χ4v) is 8.56. The molecule has 3 saturated carbocycles. The second-order valence-electron chi connectivity index (χ2n) is 14.6. The van der Waals surface area contributed by atoms with E-state index >= 15 is 0 Å². The number of benzene rings is 1. The second-order valence-corrected chi connectivity index (χ2v) is 14.6. The summed E-state index contributed by atoms with van der Waals surface area (Å²) in [5.41, 5.74) is 5.63. The zero-order valence-corrected chi connectivity index (χ0v) is 23.7. The van der Waals surface area contributed by atoms with Crippen LogP contribution in [-0.2, 0) is 9.47 Å². The smallest absolute Gasteiger partial charge is 0.169 e. The van der Waals surface area contributed by atoms with Gasteiger partial charge in [0.05, 0.1) is 13.2 Å². The number of aliphatic hydroxyl groups is 1. The molecule has 5 aliphatic rings. The molecule has 4 fully saturated rings. The van der Waals surface area contributed by atoms with E-state index in [1.54, 1.807) is 19.4 Å². The molecule has 1 heterocycles. The number of hydrogen-bond acceptors (Lipinski definition) is 3. The summed E-state index contributed by atoms with van der Waals surface area (Å²) in [6.07, 6.45) is 11.3. The topological polar surface area (TPSA) is 38.7 Å². The van der Waals surface area contributed by atoms with Gasteiger partial charge in [0, 0.05) is 29.7 Å². The van der Waals surface area contributed by atoms with Gasteiger partial charge in [-0.3, -0.25) is 0 Å². The normalized spacial score (nSPS) is 36.3. The Morgan fingerprint density at radius 2 is 1.68 bits per heavy atom. The average molecular weight is 503 g/mol. The lowest BCUT2D eigenvalue weighted by molar-refractivity contribution is -0.312. The summed E-state index contributed by atoms with van der Waals surface area (Å²) in [5, 5.41) is 10.0. The molecule has 1 aliphatic heterocycles. The van der Waals surface area contributed by atoms with Crippen LogP contribution in [0, 0.1) is 40.4 Å². The van der Waals surface area contributed by atoms with Gasteiger partial charge in [0.2, 0.25) is 0 Å². The minimum Gasteiger partial charge on any atom is -0.378 e. The van der Waals surface area contributed by atoms with Crippen LogP contribution in [0.2, 0.25) is 0 Å². The highest BCUT2D eigenvalue weighted by Gasteiger charge is 2.55. The molecule has 0 amide bonds. The predicted octanol–water partition coefficient (Wildman–Crippen LogP) is 7.38. The Bertz CT molecular complexity index is 1110. The Balaban J connectivity index is 1.33. The van der Waals surface area contributed by atoms with E-state index < -0.39 is 5.60 Å². The third-order valence-electron chi connectivity index (χ3n) is 10.4. The number of ether oxygens (including phenoxy) is 2. The van der Waals surface area contributed by atoms with Crippen molar-refractivity contribution in [1.29, 1.82) is 0 Å². The van der Waals surface area contributed by atoms with Crippen LogP contribution in [0.1, 0.15) is 109 Å². The molecule has 0 bridgehead atoms. The van der Waals surface area contributed by atoms with Crippen LogP contribution in [0.4, 0.5) is 0 Å². The van der Waals surface area contributed by atoms with E-state index in [1.165, 1.54) is 44.1 Å². The van der Waals surface area contributed by atoms with E-state index in [1.807, 2.05) is 5.57 Å². The summed E-state index contributed by atoms with van der Waals surface area (Å²) in [5.74, 6) is 8.47. The van der Waals surface area contributed by atoms with E-state index in [0.717, 1.165) is 49.9 Å². The minimum absolute atomic E-state index is 0.118. The number of rotatable bonds is 1. The molecule has 1 saturated heterocycles. The summed E-state index contributed by atoms with van der Waals surface area (Å²) >= 11 is 0. The van der Waals surface area contributed by atoms with Gasteiger partial charge < -0.3 is 14.6 Å². The van der Waals surface area contributed by atoms with Gasteiger partial charge in [-0.1, -0.05) is 62.3 Å². The Morgan fingerprint density at radius 1 is 0.946 bits per heavy atom. The third-order valence-corrected chi connectivity index (χ3v) is 10.4. The maximum Gasteiger partial charge on any atom is 0.169 e. The lowest BCUT2D eigenvalue weighted by atomic mass is 9.52. The molecule has 4 aliphatic carbocycles. The molecule has 0 radical (unpaired) electrons. The average Bonchev–Trinajstić information content (AvgIpc) is 3.25. The van der Waals surface area contributed by atoms with Crippen LogP contribution in [0.25, 0.3) is 0 Å². The molecule has 5 atom stereocenters. The number of fused-ring (bicyclic) bond motifs is 4. The van der Waals surface area contributed by atoms with Gasteiger partial charge >= 0.3 is 0 Å². The largest absolute Gasteiger partial charge is 0.378 e. The summed E-state index contributed by atoms with van der Waals surface area (Å²) in [4.78, 5) is 0. The van der Waals surface area contributed by atoms with Crippen molar-refractivity contribution in [3.05, 3.63) is 46.5 Å². The van der Waals surface area contributed by atoms with Crippen molar-refractivity contribution in [2.75, 3.05) is 13.2 Å². The molecule has 1 spiro atoms. The highest BCUT2D eigenvalue weighted by molar-refractivity contribution is 5.44. The fraction of sp³-hybridized carbons (Fsp3) is 0.706. The molecule has 0 aromatic heterocycles. The molecule has 6 rings (SSSR count). The molecule has 1 N–H and O–H groups in total. The maximum atomic E-state index is 10.0. The van der Waals surface area contributed by atoms with Gasteiger partial charge in [0.1, 0.15) is 5.60 Å². The maximum absolute atomic E-state index is 10.0. The SMILES string of the molecule is CC(C)(O)C#Cc1ccc([C@H]2C[C@]3(C)CCCC3C3CCC4CC5(CCC4=C32)OCC(C)(C)CO5)cc1. The van der Waals surface area contributed by atoms with Crippen LogP contribution in [0.15, 0.2) is 35.4 Å². The first-order chi connectivity index (χ1) is 17.5. The summed E-state index contributed by atoms with van der Waals surface area (Å²) < 4.78 is 13.0. The first-order valence-electron chi connectivity index (χ1n) is 14.8. The predicted molar refractivity (Wildman–Crippen MR) is 148 cm³/mol. The molecular weight excluding hydrogens is 456 g/mol. The van der Waals surface area contributed by atoms with Crippen LogP contribution >= 0.6 is 0 Å². The van der Waals surface area contributed by atoms with Crippen LogP contribution in [0.5, 0.6) is 0 Å². The van der Waals surface area contributed by atoms with Crippen molar-refractivity contribution >= 4 is 0 Å². The molecule has 1 aromatic rings. The standard InChI is InChI=1S/C34H46O3/c1-31(2)21-36-34(37-22-31)18-15-26-25(19-34)12-13-27-29-7-6-16-33(29,5)20-28(30(26)27)24-10-8-23(9-11-24)14-17-32(3,4)35/h8-11,25,27-29,35H,6-7,12-13,15-16,18-22H2,1-5H3/t25?,27?,28-,29?,33+/m1/s1. The lowest BCUT2D eigenvalue weighted by Crippen LogP contribution is -2.51. The molecule has 3 nitrogen and oxygen atoms in total. The fourth-order valence-electron chi connectivity index (χ4n) is 8.56. The summed E-state index contributed by atoms with van der Waals surface area (Å²) in [6, 6.07) is 8.98. The third kappa shape index (κ3) is 4.84. The first-order valence-corrected chi connectivity index (χ1v) is 14.8. The molecule has 37 heavy (non-hydrogen) atoms. The minimum atomic E-state index is -0.967. The monoisotopic (exact) mass is 502 g/mol. The van der Waals surface area contributed by atoms with E-state index in [4.69, 9.17) is 9.47 Å². The van der Waals surface area contributed by atoms with E-state index in [2.05, 4.69) is 56.9 Å². The van der Waals surface area contributed by atoms with Crippen molar-refractivity contribution in [2.24, 2.45) is 28.6 Å². The molecule has 3 heteroatoms. The molecule has 3 unspecified atom stereocenters.